The zero-order valence-corrected chi connectivity index (χ0v) is 11.4. The summed E-state index contributed by atoms with van der Waals surface area (Å²) < 4.78 is 49.7. The maximum Gasteiger partial charge on any atom is 0.261 e. The minimum absolute atomic E-state index is 0.322. The Kier molecular flexibility index (Phi) is 8.10. The number of hydrogen-bond donors (Lipinski definition) is 2. The SMILES string of the molecule is CS(=O)(=O)O.Fc1cccc(F)c1.Oc1ccccc1. The fourth-order valence-electron chi connectivity index (χ4n) is 0.888. The second kappa shape index (κ2) is 9.00. The first kappa shape index (κ1) is 18.0. The van der Waals surface area contributed by atoms with Gasteiger partial charge in [-0.05, 0) is 24.3 Å². The molecule has 0 radical (unpaired) electrons. The third kappa shape index (κ3) is 14.1. The molecule has 0 aliphatic heterocycles. The molecule has 0 heterocycles. The van der Waals surface area contributed by atoms with Crippen LogP contribution in [0.25, 0.3) is 0 Å². The average molecular weight is 304 g/mol. The van der Waals surface area contributed by atoms with E-state index >= 15 is 0 Å². The molecule has 0 saturated heterocycles. The van der Waals surface area contributed by atoms with Gasteiger partial charge in [-0.2, -0.15) is 8.42 Å². The molecule has 0 bridgehead atoms. The first-order chi connectivity index (χ1) is 9.18. The van der Waals surface area contributed by atoms with Crippen LogP contribution in [0.3, 0.4) is 0 Å². The maximum atomic E-state index is 11.9. The highest BCUT2D eigenvalue weighted by Gasteiger charge is 1.88. The van der Waals surface area contributed by atoms with Crippen LogP contribution in [0.2, 0.25) is 0 Å². The molecule has 0 amide bonds. The number of rotatable bonds is 0. The van der Waals surface area contributed by atoms with Crippen molar-refractivity contribution in [1.29, 1.82) is 0 Å². The Morgan fingerprint density at radius 3 is 1.50 bits per heavy atom. The minimum Gasteiger partial charge on any atom is -0.508 e. The van der Waals surface area contributed by atoms with E-state index in [2.05, 4.69) is 0 Å². The molecule has 2 aromatic carbocycles. The topological polar surface area (TPSA) is 74.6 Å². The van der Waals surface area contributed by atoms with Crippen molar-refractivity contribution in [2.45, 2.75) is 0 Å². The summed E-state index contributed by atoms with van der Waals surface area (Å²) in [6.45, 7) is 0. The van der Waals surface area contributed by atoms with Crippen molar-refractivity contribution < 1.29 is 26.9 Å². The number of aromatic hydroxyl groups is 1. The van der Waals surface area contributed by atoms with Gasteiger partial charge < -0.3 is 5.11 Å². The van der Waals surface area contributed by atoms with Gasteiger partial charge >= 0.3 is 0 Å². The van der Waals surface area contributed by atoms with E-state index < -0.39 is 21.8 Å². The molecular weight excluding hydrogens is 290 g/mol. The summed E-state index contributed by atoms with van der Waals surface area (Å²) in [7, 11) is -3.67. The van der Waals surface area contributed by atoms with E-state index in [0.29, 0.717) is 12.0 Å². The first-order valence-electron chi connectivity index (χ1n) is 5.26. The van der Waals surface area contributed by atoms with E-state index in [1.54, 1.807) is 24.3 Å². The highest BCUT2D eigenvalue weighted by atomic mass is 32.2. The number of benzene rings is 2. The Hall–Kier alpha value is -1.99. The standard InChI is InChI=1S/C6H4F2.C6H6O.CH4O3S/c7-5-2-1-3-6(8)4-5;7-6-4-2-1-3-5-6;1-5(2,3)4/h1-4H;1-5,7H;1H3,(H,2,3,4). The first-order valence-corrected chi connectivity index (χ1v) is 7.11. The van der Waals surface area contributed by atoms with Crippen LogP contribution < -0.4 is 0 Å². The van der Waals surface area contributed by atoms with Crippen molar-refractivity contribution in [3.63, 3.8) is 0 Å². The Morgan fingerprint density at radius 1 is 0.900 bits per heavy atom. The van der Waals surface area contributed by atoms with Crippen LogP contribution in [0.4, 0.5) is 8.78 Å². The van der Waals surface area contributed by atoms with Crippen molar-refractivity contribution in [2.24, 2.45) is 0 Å². The summed E-state index contributed by atoms with van der Waals surface area (Å²) in [4.78, 5) is 0. The molecule has 20 heavy (non-hydrogen) atoms. The molecule has 2 rings (SSSR count). The molecule has 0 atom stereocenters. The van der Waals surface area contributed by atoms with Crippen LogP contribution in [0, 0.1) is 11.6 Å². The molecule has 0 saturated carbocycles. The van der Waals surface area contributed by atoms with Crippen LogP contribution in [0.15, 0.2) is 54.6 Å². The summed E-state index contributed by atoms with van der Waals surface area (Å²) in [5.74, 6) is -0.752. The Morgan fingerprint density at radius 2 is 1.30 bits per heavy atom. The Balaban J connectivity index is 0.000000280. The molecule has 0 aliphatic carbocycles. The van der Waals surface area contributed by atoms with E-state index in [1.807, 2.05) is 6.07 Å². The molecule has 110 valence electrons. The fourth-order valence-corrected chi connectivity index (χ4v) is 0.888. The lowest BCUT2D eigenvalue weighted by atomic mass is 10.3. The zero-order chi connectivity index (χ0) is 15.6. The largest absolute Gasteiger partial charge is 0.508 e. The number of phenolic OH excluding ortho intramolecular Hbond substituents is 1. The van der Waals surface area contributed by atoms with E-state index in [9.17, 15) is 17.2 Å². The predicted octanol–water partition coefficient (Wildman–Crippen LogP) is 2.86. The third-order valence-electron chi connectivity index (χ3n) is 1.54. The van der Waals surface area contributed by atoms with Crippen molar-refractivity contribution in [1.82, 2.24) is 0 Å². The van der Waals surface area contributed by atoms with Crippen LogP contribution >= 0.6 is 0 Å². The number of hydrogen-bond acceptors (Lipinski definition) is 3. The maximum absolute atomic E-state index is 11.9. The molecule has 0 aliphatic rings. The molecule has 0 aromatic heterocycles. The van der Waals surface area contributed by atoms with Gasteiger partial charge in [-0.15, -0.1) is 0 Å². The summed E-state index contributed by atoms with van der Waals surface area (Å²) in [5.41, 5.74) is 0. The van der Waals surface area contributed by atoms with Crippen LogP contribution in [-0.4, -0.2) is 24.3 Å². The lowest BCUT2D eigenvalue weighted by Crippen LogP contribution is -1.88. The second-order valence-corrected chi connectivity index (χ2v) is 4.97. The summed E-state index contributed by atoms with van der Waals surface area (Å²) in [6, 6.07) is 13.3. The van der Waals surface area contributed by atoms with Gasteiger partial charge in [0.05, 0.1) is 6.26 Å². The highest BCUT2D eigenvalue weighted by molar-refractivity contribution is 7.85. The summed E-state index contributed by atoms with van der Waals surface area (Å²) in [6.07, 6.45) is 0.715. The monoisotopic (exact) mass is 304 g/mol. The molecule has 2 aromatic rings. The van der Waals surface area contributed by atoms with Crippen LogP contribution in [-0.2, 0) is 10.1 Å². The van der Waals surface area contributed by atoms with Gasteiger partial charge in [-0.25, -0.2) is 8.78 Å². The Bertz CT molecular complexity index is 576. The van der Waals surface area contributed by atoms with Gasteiger partial charge in [-0.3, -0.25) is 4.55 Å². The molecule has 7 heteroatoms. The molecule has 4 nitrogen and oxygen atoms in total. The zero-order valence-electron chi connectivity index (χ0n) is 10.6. The van der Waals surface area contributed by atoms with Gasteiger partial charge in [0, 0.05) is 6.07 Å². The summed E-state index contributed by atoms with van der Waals surface area (Å²) >= 11 is 0. The van der Waals surface area contributed by atoms with Gasteiger partial charge in [-0.1, -0.05) is 24.3 Å². The third-order valence-corrected chi connectivity index (χ3v) is 1.54. The minimum atomic E-state index is -3.67. The molecule has 0 unspecified atom stereocenters. The lowest BCUT2D eigenvalue weighted by molar-refractivity contribution is 0.475. The number of phenols is 1. The van der Waals surface area contributed by atoms with Gasteiger partial charge in [0.25, 0.3) is 10.1 Å². The lowest BCUT2D eigenvalue weighted by Gasteiger charge is -1.84. The van der Waals surface area contributed by atoms with E-state index in [-0.39, 0.29) is 0 Å². The highest BCUT2D eigenvalue weighted by Crippen LogP contribution is 2.02. The number of halogens is 2. The van der Waals surface area contributed by atoms with Crippen LogP contribution in [0.5, 0.6) is 5.75 Å². The van der Waals surface area contributed by atoms with E-state index in [0.717, 1.165) is 6.07 Å². The average Bonchev–Trinajstić information content (AvgIpc) is 2.28. The Labute approximate surface area is 116 Å². The molecule has 0 spiro atoms. The molecule has 2 N–H and O–H groups in total. The van der Waals surface area contributed by atoms with Crippen molar-refractivity contribution in [3.05, 3.63) is 66.2 Å². The second-order valence-electron chi connectivity index (χ2n) is 3.51. The van der Waals surface area contributed by atoms with E-state index in [4.69, 9.17) is 9.66 Å². The van der Waals surface area contributed by atoms with Crippen molar-refractivity contribution >= 4 is 10.1 Å². The van der Waals surface area contributed by atoms with Crippen molar-refractivity contribution in [3.8, 4) is 5.75 Å². The number of para-hydroxylation sites is 1. The summed E-state index contributed by atoms with van der Waals surface area (Å²) in [5, 5.41) is 8.63. The molecular formula is C13H14F2O4S. The van der Waals surface area contributed by atoms with Crippen molar-refractivity contribution in [2.75, 3.05) is 6.26 Å². The quantitative estimate of drug-likeness (QED) is 0.734. The van der Waals surface area contributed by atoms with Gasteiger partial charge in [0.15, 0.2) is 0 Å². The normalized spacial score (nSPS) is 9.60. The van der Waals surface area contributed by atoms with Gasteiger partial charge in [0.1, 0.15) is 17.4 Å². The fraction of sp³-hybridized carbons (Fsp3) is 0.0769. The van der Waals surface area contributed by atoms with Gasteiger partial charge in [0.2, 0.25) is 0 Å². The predicted molar refractivity (Wildman–Crippen MR) is 71.9 cm³/mol. The smallest absolute Gasteiger partial charge is 0.261 e. The molecule has 0 fully saturated rings. The van der Waals surface area contributed by atoms with Crippen LogP contribution in [0.1, 0.15) is 0 Å². The van der Waals surface area contributed by atoms with E-state index in [1.165, 1.54) is 18.2 Å².